The lowest BCUT2D eigenvalue weighted by Crippen LogP contribution is -2.22. The van der Waals surface area contributed by atoms with Crippen LogP contribution in [0.4, 0.5) is 0 Å². The molecule has 1 heterocycles. The van der Waals surface area contributed by atoms with Crippen molar-refractivity contribution in [3.63, 3.8) is 0 Å². The molecule has 2 aromatic carbocycles. The Morgan fingerprint density at radius 1 is 0.889 bits per heavy atom. The van der Waals surface area contributed by atoms with Crippen LogP contribution < -0.4 is 0 Å². The summed E-state index contributed by atoms with van der Waals surface area (Å²) in [4.78, 5) is 14.0. The largest absolute Gasteiger partial charge is 0.304 e. The van der Waals surface area contributed by atoms with E-state index in [1.165, 1.54) is 0 Å². The Bertz CT molecular complexity index is 581. The van der Waals surface area contributed by atoms with Gasteiger partial charge in [0.05, 0.1) is 6.54 Å². The van der Waals surface area contributed by atoms with Gasteiger partial charge < -0.3 is 4.90 Å². The average molecular weight is 235 g/mol. The van der Waals surface area contributed by atoms with E-state index in [2.05, 4.69) is 6.58 Å². The lowest BCUT2D eigenvalue weighted by atomic mass is 10.1. The molecule has 0 bridgehead atoms. The molecule has 2 aromatic rings. The number of amides is 1. The van der Waals surface area contributed by atoms with E-state index < -0.39 is 0 Å². The smallest absolute Gasteiger partial charge is 0.259 e. The lowest BCUT2D eigenvalue weighted by molar-refractivity contribution is 0.0843. The Kier molecular flexibility index (Phi) is 2.49. The first-order chi connectivity index (χ1) is 8.77. The maximum absolute atomic E-state index is 12.3. The van der Waals surface area contributed by atoms with Crippen LogP contribution in [0.1, 0.15) is 21.5 Å². The third-order valence-electron chi connectivity index (χ3n) is 3.22. The molecule has 0 saturated carbocycles. The van der Waals surface area contributed by atoms with E-state index in [4.69, 9.17) is 0 Å². The van der Waals surface area contributed by atoms with Crippen molar-refractivity contribution >= 4 is 11.6 Å². The molecule has 0 aliphatic carbocycles. The molecule has 0 spiro atoms. The van der Waals surface area contributed by atoms with E-state index in [0.29, 0.717) is 6.54 Å². The molecule has 18 heavy (non-hydrogen) atoms. The van der Waals surface area contributed by atoms with Crippen molar-refractivity contribution in [2.24, 2.45) is 0 Å². The van der Waals surface area contributed by atoms with Crippen molar-refractivity contribution in [3.8, 4) is 0 Å². The summed E-state index contributed by atoms with van der Waals surface area (Å²) in [5, 5.41) is 0. The van der Waals surface area contributed by atoms with Crippen molar-refractivity contribution in [3.05, 3.63) is 77.9 Å². The summed E-state index contributed by atoms with van der Waals surface area (Å²) in [6.45, 7) is 4.61. The van der Waals surface area contributed by atoms with Crippen molar-refractivity contribution < 1.29 is 4.79 Å². The summed E-state index contributed by atoms with van der Waals surface area (Å²) in [7, 11) is 0. The van der Waals surface area contributed by atoms with Crippen molar-refractivity contribution in [2.75, 3.05) is 0 Å². The summed E-state index contributed by atoms with van der Waals surface area (Å²) in [6.07, 6.45) is 0. The molecule has 3 rings (SSSR count). The number of hydrogen-bond acceptors (Lipinski definition) is 1. The molecule has 2 heteroatoms. The molecular weight excluding hydrogens is 222 g/mol. The maximum atomic E-state index is 12.3. The van der Waals surface area contributed by atoms with Crippen LogP contribution in [-0.4, -0.2) is 10.8 Å². The highest BCUT2D eigenvalue weighted by Gasteiger charge is 2.30. The zero-order valence-corrected chi connectivity index (χ0v) is 9.97. The molecule has 0 atom stereocenters. The van der Waals surface area contributed by atoms with Crippen LogP contribution in [0.5, 0.6) is 0 Å². The quantitative estimate of drug-likeness (QED) is 0.782. The molecule has 0 fully saturated rings. The molecule has 0 saturated heterocycles. The van der Waals surface area contributed by atoms with E-state index in [0.717, 1.165) is 22.4 Å². The first-order valence-electron chi connectivity index (χ1n) is 5.91. The summed E-state index contributed by atoms with van der Waals surface area (Å²) in [5.41, 5.74) is 3.59. The second kappa shape index (κ2) is 4.15. The van der Waals surface area contributed by atoms with Gasteiger partial charge in [0.15, 0.2) is 0 Å². The van der Waals surface area contributed by atoms with Crippen LogP contribution in [0.3, 0.4) is 0 Å². The van der Waals surface area contributed by atoms with Gasteiger partial charge in [-0.3, -0.25) is 4.79 Å². The molecule has 1 aliphatic rings. The van der Waals surface area contributed by atoms with E-state index in [1.54, 1.807) is 4.90 Å². The lowest BCUT2D eigenvalue weighted by Gasteiger charge is -2.17. The zero-order valence-electron chi connectivity index (χ0n) is 9.97. The van der Waals surface area contributed by atoms with Crippen molar-refractivity contribution in [1.82, 2.24) is 4.90 Å². The normalized spacial score (nSPS) is 13.9. The molecule has 88 valence electrons. The van der Waals surface area contributed by atoms with Gasteiger partial charge in [-0.2, -0.15) is 0 Å². The first kappa shape index (κ1) is 10.8. The Balaban J connectivity index is 1.93. The number of fused-ring (bicyclic) bond motifs is 1. The minimum Gasteiger partial charge on any atom is -0.304 e. The highest BCUT2D eigenvalue weighted by Crippen LogP contribution is 2.32. The first-order valence-corrected chi connectivity index (χ1v) is 5.91. The SMILES string of the molecule is C=C1c2ccccc2C(=O)N1Cc1ccccc1. The highest BCUT2D eigenvalue weighted by atomic mass is 16.2. The Morgan fingerprint density at radius 3 is 2.17 bits per heavy atom. The minimum absolute atomic E-state index is 0.0412. The van der Waals surface area contributed by atoms with E-state index in [9.17, 15) is 4.79 Å². The fraction of sp³-hybridized carbons (Fsp3) is 0.0625. The molecule has 2 nitrogen and oxygen atoms in total. The maximum Gasteiger partial charge on any atom is 0.259 e. The van der Waals surface area contributed by atoms with Crippen molar-refractivity contribution in [1.29, 1.82) is 0 Å². The van der Waals surface area contributed by atoms with E-state index in [-0.39, 0.29) is 5.91 Å². The van der Waals surface area contributed by atoms with Gasteiger partial charge in [-0.05, 0) is 11.6 Å². The topological polar surface area (TPSA) is 20.3 Å². The number of carbonyl (C=O) groups excluding carboxylic acids is 1. The Morgan fingerprint density at radius 2 is 1.50 bits per heavy atom. The molecule has 0 N–H and O–H groups in total. The summed E-state index contributed by atoms with van der Waals surface area (Å²) < 4.78 is 0. The third-order valence-corrected chi connectivity index (χ3v) is 3.22. The Labute approximate surface area is 106 Å². The molecule has 1 aliphatic heterocycles. The number of nitrogens with zero attached hydrogens (tertiary/aromatic N) is 1. The number of rotatable bonds is 2. The van der Waals surface area contributed by atoms with Crippen LogP contribution in [0.2, 0.25) is 0 Å². The Hall–Kier alpha value is -2.35. The number of hydrogen-bond donors (Lipinski definition) is 0. The fourth-order valence-corrected chi connectivity index (χ4v) is 2.27. The van der Waals surface area contributed by atoms with Gasteiger partial charge in [-0.15, -0.1) is 0 Å². The van der Waals surface area contributed by atoms with E-state index >= 15 is 0 Å². The molecular formula is C16H13NO. The molecule has 0 unspecified atom stereocenters. The monoisotopic (exact) mass is 235 g/mol. The second-order valence-corrected chi connectivity index (χ2v) is 4.37. The molecule has 1 amide bonds. The van der Waals surface area contributed by atoms with Gasteiger partial charge in [0.1, 0.15) is 0 Å². The highest BCUT2D eigenvalue weighted by molar-refractivity contribution is 6.08. The zero-order chi connectivity index (χ0) is 12.5. The molecule has 0 aromatic heterocycles. The molecule has 0 radical (unpaired) electrons. The van der Waals surface area contributed by atoms with Crippen LogP contribution >= 0.6 is 0 Å². The van der Waals surface area contributed by atoms with Crippen molar-refractivity contribution in [2.45, 2.75) is 6.54 Å². The third kappa shape index (κ3) is 1.63. The van der Waals surface area contributed by atoms with Crippen LogP contribution in [0, 0.1) is 0 Å². The van der Waals surface area contributed by atoms with Gasteiger partial charge >= 0.3 is 0 Å². The standard InChI is InChI=1S/C16H13NO/c1-12-14-9-5-6-10-15(14)16(18)17(12)11-13-7-3-2-4-8-13/h2-10H,1,11H2. The van der Waals surface area contributed by atoms with Gasteiger partial charge in [0.25, 0.3) is 5.91 Å². The number of benzene rings is 2. The second-order valence-electron chi connectivity index (χ2n) is 4.37. The number of carbonyl (C=O) groups is 1. The minimum atomic E-state index is 0.0412. The van der Waals surface area contributed by atoms with Crippen LogP contribution in [0.15, 0.2) is 61.2 Å². The van der Waals surface area contributed by atoms with Crippen LogP contribution in [0.25, 0.3) is 5.70 Å². The predicted octanol–water partition coefficient (Wildman–Crippen LogP) is 3.31. The van der Waals surface area contributed by atoms with Gasteiger partial charge in [-0.25, -0.2) is 0 Å². The van der Waals surface area contributed by atoms with Gasteiger partial charge in [0.2, 0.25) is 0 Å². The van der Waals surface area contributed by atoms with E-state index in [1.807, 2.05) is 54.6 Å². The summed E-state index contributed by atoms with van der Waals surface area (Å²) in [6, 6.07) is 17.6. The van der Waals surface area contributed by atoms with Crippen LogP contribution in [-0.2, 0) is 6.54 Å². The summed E-state index contributed by atoms with van der Waals surface area (Å²) in [5.74, 6) is 0.0412. The predicted molar refractivity (Wildman–Crippen MR) is 71.8 cm³/mol. The van der Waals surface area contributed by atoms with Gasteiger partial charge in [-0.1, -0.05) is 55.1 Å². The average Bonchev–Trinajstić information content (AvgIpc) is 2.66. The summed E-state index contributed by atoms with van der Waals surface area (Å²) >= 11 is 0. The van der Waals surface area contributed by atoms with Gasteiger partial charge in [0, 0.05) is 16.8 Å². The fourth-order valence-electron chi connectivity index (χ4n) is 2.27.